The zero-order valence-corrected chi connectivity index (χ0v) is 17.2. The highest BCUT2D eigenvalue weighted by Crippen LogP contribution is 2.24. The molecule has 29 heavy (non-hydrogen) atoms. The number of rotatable bonds is 8. The minimum Gasteiger partial charge on any atom is -0.497 e. The molecule has 3 rings (SSSR count). The molecular formula is C22H26N4O3. The summed E-state index contributed by atoms with van der Waals surface area (Å²) in [7, 11) is 1.62. The lowest BCUT2D eigenvalue weighted by Gasteiger charge is -2.12. The molecule has 1 amide bonds. The first-order chi connectivity index (χ1) is 14.0. The summed E-state index contributed by atoms with van der Waals surface area (Å²) in [4.78, 5) is 16.6. The molecule has 152 valence electrons. The SMILES string of the molecule is COc1ccc(-c2n[nH]c(CNC(=O)COc3cc(C(C)C)ccc3C)n2)cc1. The molecule has 0 saturated carbocycles. The molecule has 0 unspecified atom stereocenters. The van der Waals surface area contributed by atoms with E-state index in [1.165, 1.54) is 5.56 Å². The third-order valence-electron chi connectivity index (χ3n) is 4.57. The minimum atomic E-state index is -0.221. The van der Waals surface area contributed by atoms with Gasteiger partial charge in [-0.1, -0.05) is 26.0 Å². The zero-order chi connectivity index (χ0) is 20.8. The molecule has 1 heterocycles. The number of aromatic nitrogens is 3. The van der Waals surface area contributed by atoms with E-state index in [4.69, 9.17) is 9.47 Å². The van der Waals surface area contributed by atoms with Gasteiger partial charge in [-0.05, 0) is 54.3 Å². The maximum atomic E-state index is 12.2. The Hall–Kier alpha value is -3.35. The first kappa shape index (κ1) is 20.4. The van der Waals surface area contributed by atoms with Gasteiger partial charge in [0.25, 0.3) is 5.91 Å². The van der Waals surface area contributed by atoms with Crippen molar-refractivity contribution in [3.8, 4) is 22.9 Å². The maximum Gasteiger partial charge on any atom is 0.258 e. The highest BCUT2D eigenvalue weighted by atomic mass is 16.5. The van der Waals surface area contributed by atoms with E-state index in [1.807, 2.05) is 43.3 Å². The van der Waals surface area contributed by atoms with Crippen molar-refractivity contribution in [2.24, 2.45) is 0 Å². The fourth-order valence-electron chi connectivity index (χ4n) is 2.75. The number of carbonyl (C=O) groups is 1. The van der Waals surface area contributed by atoms with Gasteiger partial charge in [0.15, 0.2) is 12.4 Å². The summed E-state index contributed by atoms with van der Waals surface area (Å²) in [5, 5.41) is 9.83. The molecule has 0 radical (unpaired) electrons. The van der Waals surface area contributed by atoms with Crippen LogP contribution in [-0.2, 0) is 11.3 Å². The highest BCUT2D eigenvalue weighted by Gasteiger charge is 2.10. The summed E-state index contributed by atoms with van der Waals surface area (Å²) in [6.07, 6.45) is 0. The molecule has 1 aromatic heterocycles. The number of hydrogen-bond donors (Lipinski definition) is 2. The Morgan fingerprint density at radius 1 is 1.17 bits per heavy atom. The van der Waals surface area contributed by atoms with E-state index >= 15 is 0 Å². The second-order valence-electron chi connectivity index (χ2n) is 7.08. The molecule has 7 heteroatoms. The number of benzene rings is 2. The Labute approximate surface area is 170 Å². The Morgan fingerprint density at radius 3 is 2.62 bits per heavy atom. The third kappa shape index (κ3) is 5.34. The van der Waals surface area contributed by atoms with Crippen LogP contribution in [0.1, 0.15) is 36.7 Å². The summed E-state index contributed by atoms with van der Waals surface area (Å²) in [6.45, 7) is 6.41. The number of hydrogen-bond acceptors (Lipinski definition) is 5. The van der Waals surface area contributed by atoms with Crippen LogP contribution in [0.2, 0.25) is 0 Å². The summed E-state index contributed by atoms with van der Waals surface area (Å²) >= 11 is 0. The predicted molar refractivity (Wildman–Crippen MR) is 111 cm³/mol. The predicted octanol–water partition coefficient (Wildman–Crippen LogP) is 3.61. The molecular weight excluding hydrogens is 368 g/mol. The molecule has 0 aliphatic heterocycles. The summed E-state index contributed by atoms with van der Waals surface area (Å²) in [5.74, 6) is 2.81. The quantitative estimate of drug-likeness (QED) is 0.609. The molecule has 3 aromatic rings. The normalized spacial score (nSPS) is 10.8. The van der Waals surface area contributed by atoms with Crippen LogP contribution >= 0.6 is 0 Å². The molecule has 2 aromatic carbocycles. The van der Waals surface area contributed by atoms with E-state index in [1.54, 1.807) is 7.11 Å². The van der Waals surface area contributed by atoms with Crippen molar-refractivity contribution in [1.29, 1.82) is 0 Å². The van der Waals surface area contributed by atoms with Gasteiger partial charge in [-0.3, -0.25) is 9.89 Å². The zero-order valence-electron chi connectivity index (χ0n) is 17.2. The molecule has 0 bridgehead atoms. The third-order valence-corrected chi connectivity index (χ3v) is 4.57. The van der Waals surface area contributed by atoms with Crippen LogP contribution in [0.3, 0.4) is 0 Å². The molecule has 0 fully saturated rings. The van der Waals surface area contributed by atoms with Gasteiger partial charge in [0.1, 0.15) is 17.3 Å². The fourth-order valence-corrected chi connectivity index (χ4v) is 2.75. The minimum absolute atomic E-state index is 0.0537. The molecule has 0 aliphatic rings. The van der Waals surface area contributed by atoms with Crippen molar-refractivity contribution in [2.45, 2.75) is 33.2 Å². The van der Waals surface area contributed by atoms with Crippen LogP contribution in [-0.4, -0.2) is 34.8 Å². The van der Waals surface area contributed by atoms with E-state index < -0.39 is 0 Å². The van der Waals surface area contributed by atoms with Crippen molar-refractivity contribution in [2.75, 3.05) is 13.7 Å². The standard InChI is InChI=1S/C22H26N4O3/c1-14(2)17-6-5-15(3)19(11-17)29-13-21(27)23-12-20-24-22(26-25-20)16-7-9-18(28-4)10-8-16/h5-11,14H,12-13H2,1-4H3,(H,23,27)(H,24,25,26). The first-order valence-corrected chi connectivity index (χ1v) is 9.52. The van der Waals surface area contributed by atoms with E-state index in [9.17, 15) is 4.79 Å². The van der Waals surface area contributed by atoms with Gasteiger partial charge in [-0.25, -0.2) is 4.98 Å². The van der Waals surface area contributed by atoms with Crippen molar-refractivity contribution in [1.82, 2.24) is 20.5 Å². The molecule has 0 saturated heterocycles. The van der Waals surface area contributed by atoms with Crippen molar-refractivity contribution in [3.05, 3.63) is 59.4 Å². The Morgan fingerprint density at radius 2 is 1.93 bits per heavy atom. The Bertz CT molecular complexity index is 964. The van der Waals surface area contributed by atoms with Gasteiger partial charge >= 0.3 is 0 Å². The van der Waals surface area contributed by atoms with Crippen molar-refractivity contribution >= 4 is 5.91 Å². The summed E-state index contributed by atoms with van der Waals surface area (Å²) < 4.78 is 10.9. The maximum absolute atomic E-state index is 12.2. The van der Waals surface area contributed by atoms with Gasteiger partial charge in [-0.2, -0.15) is 5.10 Å². The molecule has 0 aliphatic carbocycles. The number of aryl methyl sites for hydroxylation is 1. The van der Waals surface area contributed by atoms with Crippen LogP contribution in [0.4, 0.5) is 0 Å². The largest absolute Gasteiger partial charge is 0.497 e. The average molecular weight is 394 g/mol. The van der Waals surface area contributed by atoms with Crippen molar-refractivity contribution in [3.63, 3.8) is 0 Å². The van der Waals surface area contributed by atoms with Crippen molar-refractivity contribution < 1.29 is 14.3 Å². The van der Waals surface area contributed by atoms with Gasteiger partial charge in [0, 0.05) is 5.56 Å². The van der Waals surface area contributed by atoms with Crippen LogP contribution in [0.25, 0.3) is 11.4 Å². The number of nitrogens with one attached hydrogen (secondary N) is 2. The highest BCUT2D eigenvalue weighted by molar-refractivity contribution is 5.77. The number of H-pyrrole nitrogens is 1. The van der Waals surface area contributed by atoms with Crippen LogP contribution in [0.15, 0.2) is 42.5 Å². The number of methoxy groups -OCH3 is 1. The van der Waals surface area contributed by atoms with E-state index in [0.717, 1.165) is 22.6 Å². The van der Waals surface area contributed by atoms with Crippen LogP contribution < -0.4 is 14.8 Å². The van der Waals surface area contributed by atoms with Gasteiger partial charge < -0.3 is 14.8 Å². The monoisotopic (exact) mass is 394 g/mol. The topological polar surface area (TPSA) is 89.1 Å². The van der Waals surface area contributed by atoms with Gasteiger partial charge in [-0.15, -0.1) is 0 Å². The second kappa shape index (κ2) is 9.23. The lowest BCUT2D eigenvalue weighted by Crippen LogP contribution is -2.29. The number of carbonyl (C=O) groups excluding carboxylic acids is 1. The van der Waals surface area contributed by atoms with Crippen LogP contribution in [0, 0.1) is 6.92 Å². The van der Waals surface area contributed by atoms with Gasteiger partial charge in [0.05, 0.1) is 13.7 Å². The lowest BCUT2D eigenvalue weighted by atomic mass is 10.0. The van der Waals surface area contributed by atoms with E-state index in [2.05, 4.69) is 40.4 Å². The summed E-state index contributed by atoms with van der Waals surface area (Å²) in [5.41, 5.74) is 3.05. The van der Waals surface area contributed by atoms with Gasteiger partial charge in [0.2, 0.25) is 0 Å². The molecule has 0 atom stereocenters. The molecule has 0 spiro atoms. The molecule has 2 N–H and O–H groups in total. The average Bonchev–Trinajstić information content (AvgIpc) is 3.20. The van der Waals surface area contributed by atoms with Crippen LogP contribution in [0.5, 0.6) is 11.5 Å². The Balaban J connectivity index is 1.52. The Kier molecular flexibility index (Phi) is 6.49. The summed E-state index contributed by atoms with van der Waals surface area (Å²) in [6, 6.07) is 13.5. The number of ether oxygens (including phenoxy) is 2. The van der Waals surface area contributed by atoms with E-state index in [0.29, 0.717) is 17.6 Å². The number of aromatic amines is 1. The first-order valence-electron chi connectivity index (χ1n) is 9.52. The second-order valence-corrected chi connectivity index (χ2v) is 7.08. The smallest absolute Gasteiger partial charge is 0.258 e. The fraction of sp³-hybridized carbons (Fsp3) is 0.318. The molecule has 7 nitrogen and oxygen atoms in total. The number of nitrogens with zero attached hydrogens (tertiary/aromatic N) is 2. The lowest BCUT2D eigenvalue weighted by molar-refractivity contribution is -0.123. The number of amides is 1. The van der Waals surface area contributed by atoms with E-state index in [-0.39, 0.29) is 19.1 Å².